The maximum atomic E-state index is 10.8. The summed E-state index contributed by atoms with van der Waals surface area (Å²) in [7, 11) is 0. The average molecular weight is 147 g/mol. The van der Waals surface area contributed by atoms with Gasteiger partial charge in [0.2, 0.25) is 5.12 Å². The van der Waals surface area contributed by atoms with E-state index < -0.39 is 0 Å². The van der Waals surface area contributed by atoms with Gasteiger partial charge in [0.15, 0.2) is 0 Å². The molecule has 0 aromatic carbocycles. The summed E-state index contributed by atoms with van der Waals surface area (Å²) in [5.74, 6) is 0. The van der Waals surface area contributed by atoms with Gasteiger partial charge in [-0.05, 0) is 6.92 Å². The van der Waals surface area contributed by atoms with Crippen LogP contribution >= 0.6 is 11.8 Å². The highest BCUT2D eigenvalue weighted by molar-refractivity contribution is 8.14. The van der Waals surface area contributed by atoms with Gasteiger partial charge in [0.25, 0.3) is 0 Å². The zero-order chi connectivity index (χ0) is 7.44. The number of thioether (sulfide) groups is 1. The highest BCUT2D eigenvalue weighted by Crippen LogP contribution is 2.11. The molecule has 3 heteroatoms. The Morgan fingerprint density at radius 2 is 1.89 bits per heavy atom. The molecule has 0 saturated heterocycles. The number of carbonyl (C=O) groups is 1. The molecule has 0 radical (unpaired) electrons. The first-order valence-corrected chi connectivity index (χ1v) is 3.88. The van der Waals surface area contributed by atoms with Crippen molar-refractivity contribution in [3.63, 3.8) is 0 Å². The van der Waals surface area contributed by atoms with E-state index in [-0.39, 0.29) is 11.2 Å². The molecule has 9 heavy (non-hydrogen) atoms. The van der Waals surface area contributed by atoms with Crippen LogP contribution in [0.2, 0.25) is 0 Å². The first kappa shape index (κ1) is 8.98. The molecule has 0 heterocycles. The van der Waals surface area contributed by atoms with Gasteiger partial charge in [0, 0.05) is 5.25 Å². The Morgan fingerprint density at radius 3 is 2.00 bits per heavy atom. The van der Waals surface area contributed by atoms with Crippen molar-refractivity contribution in [2.45, 2.75) is 32.1 Å². The summed E-state index contributed by atoms with van der Waals surface area (Å²) >= 11 is 1.30. The van der Waals surface area contributed by atoms with E-state index in [2.05, 4.69) is 0 Å². The van der Waals surface area contributed by atoms with Gasteiger partial charge in [-0.3, -0.25) is 4.79 Å². The van der Waals surface area contributed by atoms with Crippen LogP contribution in [0.25, 0.3) is 0 Å². The topological polar surface area (TPSA) is 43.1 Å². The Kier molecular flexibility index (Phi) is 3.89. The third-order valence-corrected chi connectivity index (χ3v) is 1.80. The molecule has 54 valence electrons. The van der Waals surface area contributed by atoms with Gasteiger partial charge in [-0.1, -0.05) is 25.6 Å². The van der Waals surface area contributed by atoms with E-state index >= 15 is 0 Å². The lowest BCUT2D eigenvalue weighted by Crippen LogP contribution is -2.24. The van der Waals surface area contributed by atoms with Crippen molar-refractivity contribution in [2.75, 3.05) is 0 Å². The average Bonchev–Trinajstić information content (AvgIpc) is 1.63. The van der Waals surface area contributed by atoms with Gasteiger partial charge in [-0.2, -0.15) is 0 Å². The number of rotatable bonds is 2. The molecule has 0 aliphatic rings. The number of carbonyl (C=O) groups excluding carboxylic acids is 1. The van der Waals surface area contributed by atoms with Crippen LogP contribution in [-0.2, 0) is 4.79 Å². The Bertz CT molecular complexity index is 101. The van der Waals surface area contributed by atoms with Gasteiger partial charge in [0.1, 0.15) is 0 Å². The first-order chi connectivity index (χ1) is 4.04. The lowest BCUT2D eigenvalue weighted by molar-refractivity contribution is -0.111. The van der Waals surface area contributed by atoms with Crippen LogP contribution in [0.5, 0.6) is 0 Å². The van der Waals surface area contributed by atoms with Crippen molar-refractivity contribution in [3.8, 4) is 0 Å². The Balaban J connectivity index is 3.51. The van der Waals surface area contributed by atoms with Crippen molar-refractivity contribution in [1.29, 1.82) is 0 Å². The minimum atomic E-state index is -0.322. The summed E-state index contributed by atoms with van der Waals surface area (Å²) in [6.07, 6.45) is 0. The highest BCUT2D eigenvalue weighted by atomic mass is 32.2. The quantitative estimate of drug-likeness (QED) is 0.633. The molecule has 0 amide bonds. The van der Waals surface area contributed by atoms with Crippen molar-refractivity contribution < 1.29 is 4.79 Å². The lowest BCUT2D eigenvalue weighted by Gasteiger charge is -2.04. The number of hydrogen-bond acceptors (Lipinski definition) is 3. The summed E-state index contributed by atoms with van der Waals surface area (Å²) in [6.45, 7) is 5.66. The number of hydrogen-bond donors (Lipinski definition) is 1. The van der Waals surface area contributed by atoms with E-state index in [9.17, 15) is 4.79 Å². The second kappa shape index (κ2) is 3.90. The maximum absolute atomic E-state index is 10.8. The predicted molar refractivity (Wildman–Crippen MR) is 41.4 cm³/mol. The second-order valence-corrected chi connectivity index (χ2v) is 3.86. The zero-order valence-electron chi connectivity index (χ0n) is 6.05. The summed E-state index contributed by atoms with van der Waals surface area (Å²) in [6, 6.07) is -0.322. The van der Waals surface area contributed by atoms with Gasteiger partial charge in [0.05, 0.1) is 6.04 Å². The third kappa shape index (κ3) is 4.48. The monoisotopic (exact) mass is 147 g/mol. The van der Waals surface area contributed by atoms with Gasteiger partial charge in [-0.25, -0.2) is 0 Å². The molecule has 2 nitrogen and oxygen atoms in total. The van der Waals surface area contributed by atoms with Crippen LogP contribution in [0.4, 0.5) is 0 Å². The first-order valence-electron chi connectivity index (χ1n) is 3.00. The fraction of sp³-hybridized carbons (Fsp3) is 0.833. The molecule has 1 unspecified atom stereocenters. The fourth-order valence-electron chi connectivity index (χ4n) is 0.340. The molecule has 0 rings (SSSR count). The second-order valence-electron chi connectivity index (χ2n) is 2.27. The van der Waals surface area contributed by atoms with Gasteiger partial charge >= 0.3 is 0 Å². The van der Waals surface area contributed by atoms with Crippen molar-refractivity contribution >= 4 is 16.9 Å². The van der Waals surface area contributed by atoms with Crippen LogP contribution < -0.4 is 5.73 Å². The third-order valence-electron chi connectivity index (χ3n) is 0.724. The molecular formula is C6H13NOS. The summed E-state index contributed by atoms with van der Waals surface area (Å²) in [5, 5.41) is 0.425. The summed E-state index contributed by atoms with van der Waals surface area (Å²) in [5.41, 5.74) is 5.31. The Morgan fingerprint density at radius 1 is 1.44 bits per heavy atom. The normalized spacial score (nSPS) is 13.9. The van der Waals surface area contributed by atoms with E-state index in [1.54, 1.807) is 6.92 Å². The molecule has 0 spiro atoms. The maximum Gasteiger partial charge on any atom is 0.205 e. The summed E-state index contributed by atoms with van der Waals surface area (Å²) < 4.78 is 0. The van der Waals surface area contributed by atoms with E-state index in [0.717, 1.165) is 0 Å². The van der Waals surface area contributed by atoms with Crippen molar-refractivity contribution in [1.82, 2.24) is 0 Å². The SMILES string of the molecule is CC(C)SC(=O)C(C)N. The van der Waals surface area contributed by atoms with Crippen LogP contribution in [0.15, 0.2) is 0 Å². The minimum absolute atomic E-state index is 0.0741. The van der Waals surface area contributed by atoms with Crippen molar-refractivity contribution in [3.05, 3.63) is 0 Å². The largest absolute Gasteiger partial charge is 0.321 e. The standard InChI is InChI=1S/C6H13NOS/c1-4(2)9-6(8)5(3)7/h4-5H,7H2,1-3H3. The van der Waals surface area contributed by atoms with E-state index in [1.165, 1.54) is 11.8 Å². The Hall–Kier alpha value is -0.0200. The molecule has 2 N–H and O–H groups in total. The summed E-state index contributed by atoms with van der Waals surface area (Å²) in [4.78, 5) is 10.8. The molecule has 0 fully saturated rings. The molecular weight excluding hydrogens is 134 g/mol. The molecule has 0 aliphatic heterocycles. The Labute approximate surface area is 60.2 Å². The van der Waals surface area contributed by atoms with Crippen LogP contribution in [-0.4, -0.2) is 16.4 Å². The van der Waals surface area contributed by atoms with E-state index in [4.69, 9.17) is 5.73 Å². The predicted octanol–water partition coefficient (Wildman–Crippen LogP) is 1.00. The van der Waals surface area contributed by atoms with Gasteiger partial charge in [-0.15, -0.1) is 0 Å². The molecule has 0 saturated carbocycles. The van der Waals surface area contributed by atoms with Crippen LogP contribution in [0.3, 0.4) is 0 Å². The molecule has 0 aliphatic carbocycles. The minimum Gasteiger partial charge on any atom is -0.321 e. The highest BCUT2D eigenvalue weighted by Gasteiger charge is 2.09. The zero-order valence-corrected chi connectivity index (χ0v) is 6.87. The van der Waals surface area contributed by atoms with Gasteiger partial charge < -0.3 is 5.73 Å². The molecule has 0 aromatic rings. The number of nitrogens with two attached hydrogens (primary N) is 1. The van der Waals surface area contributed by atoms with Crippen LogP contribution in [0.1, 0.15) is 20.8 Å². The smallest absolute Gasteiger partial charge is 0.205 e. The molecule has 1 atom stereocenters. The molecule has 0 bridgehead atoms. The van der Waals surface area contributed by atoms with E-state index in [1.807, 2.05) is 13.8 Å². The van der Waals surface area contributed by atoms with E-state index in [0.29, 0.717) is 5.25 Å². The molecule has 0 aromatic heterocycles. The van der Waals surface area contributed by atoms with Crippen LogP contribution in [0, 0.1) is 0 Å². The van der Waals surface area contributed by atoms with Crippen molar-refractivity contribution in [2.24, 2.45) is 5.73 Å². The lowest BCUT2D eigenvalue weighted by atomic mass is 10.4. The fourth-order valence-corrected chi connectivity index (χ4v) is 1.02.